The number of fused-ring (bicyclic) bond motifs is 20. The minimum Gasteiger partial charge on any atom is -0.354 e. The lowest BCUT2D eigenvalue weighted by Crippen LogP contribution is -2.17. The molecule has 0 saturated carbocycles. The summed E-state index contributed by atoms with van der Waals surface area (Å²) in [5.74, 6) is 3.95. The standard InChI is InChI=1S/C48H26N8O8/c57-13-9-49-45(61)25-1-5-29-33(17-25)41-22-38-31-7-3-27(47(63)51-11-15-59)19-35(31)43(55-38)24-40-32-8-4-28(48(64)52-12-16-60)20-36(32)44(56-40)23-39-30-6-2-26(46(62)50-10-14-58)18-34(30)42(54-39)21-37(29)53-41/h1-12,17-24,53,56H,(H,49,61)(H,50,62)(H,51,63)(H,52,64). The highest BCUT2D eigenvalue weighted by atomic mass is 16.2. The first-order chi connectivity index (χ1) is 31.2. The van der Waals surface area contributed by atoms with Crippen molar-refractivity contribution in [3.63, 3.8) is 0 Å². The summed E-state index contributed by atoms with van der Waals surface area (Å²) in [4.78, 5) is 113. The van der Waals surface area contributed by atoms with Crippen molar-refractivity contribution in [2.45, 2.75) is 0 Å². The number of hydrogen-bond acceptors (Lipinski definition) is 10. The van der Waals surface area contributed by atoms with Crippen LogP contribution >= 0.6 is 0 Å². The van der Waals surface area contributed by atoms with Crippen LogP contribution < -0.4 is 21.3 Å². The van der Waals surface area contributed by atoms with Crippen LogP contribution in [0.5, 0.6) is 0 Å². The van der Waals surface area contributed by atoms with Crippen molar-refractivity contribution in [3.05, 3.63) is 144 Å². The first-order valence-electron chi connectivity index (χ1n) is 19.1. The summed E-state index contributed by atoms with van der Waals surface area (Å²) in [6.45, 7) is 0. The zero-order chi connectivity index (χ0) is 44.5. The van der Waals surface area contributed by atoms with E-state index in [1.165, 1.54) is 23.8 Å². The molecule has 0 saturated heterocycles. The average Bonchev–Trinajstić information content (AvgIpc) is 4.05. The molecule has 16 heteroatoms. The Morgan fingerprint density at radius 1 is 0.375 bits per heavy atom. The maximum Gasteiger partial charge on any atom is 0.255 e. The van der Waals surface area contributed by atoms with E-state index in [-0.39, 0.29) is 22.3 Å². The van der Waals surface area contributed by atoms with Crippen LogP contribution in [-0.4, -0.2) is 67.3 Å². The number of carbonyl (C=O) groups excluding carboxylic acids is 8. The van der Waals surface area contributed by atoms with Crippen LogP contribution in [-0.2, 0) is 19.2 Å². The molecule has 306 valence electrons. The fourth-order valence-corrected chi connectivity index (χ4v) is 7.74. The molecule has 0 fully saturated rings. The van der Waals surface area contributed by atoms with Crippen molar-refractivity contribution in [3.8, 4) is 45.0 Å². The van der Waals surface area contributed by atoms with Crippen molar-refractivity contribution in [1.29, 1.82) is 0 Å². The van der Waals surface area contributed by atoms with Crippen LogP contribution in [0.25, 0.3) is 88.6 Å². The van der Waals surface area contributed by atoms with Crippen molar-refractivity contribution in [2.75, 3.05) is 0 Å². The Balaban J connectivity index is 1.40. The topological polar surface area (TPSA) is 242 Å². The molecule has 3 aromatic heterocycles. The van der Waals surface area contributed by atoms with Gasteiger partial charge in [0.15, 0.2) is 0 Å². The number of aromatic nitrogens is 4. The normalized spacial score (nSPS) is 10.8. The van der Waals surface area contributed by atoms with E-state index in [4.69, 9.17) is 9.97 Å². The van der Waals surface area contributed by atoms with Crippen LogP contribution in [0.15, 0.2) is 122 Å². The number of nitrogens with one attached hydrogen (secondary N) is 6. The lowest BCUT2D eigenvalue weighted by atomic mass is 10.00. The van der Waals surface area contributed by atoms with Gasteiger partial charge in [-0.3, -0.25) is 19.2 Å². The third-order valence-electron chi connectivity index (χ3n) is 10.6. The minimum atomic E-state index is -0.552. The van der Waals surface area contributed by atoms with Crippen molar-refractivity contribution < 1.29 is 38.4 Å². The number of amides is 4. The van der Waals surface area contributed by atoms with Gasteiger partial charge in [-0.05, 0) is 72.8 Å². The quantitative estimate of drug-likeness (QED) is 0.104. The molecular formula is C48H26N8O8. The third kappa shape index (κ3) is 7.16. The zero-order valence-electron chi connectivity index (χ0n) is 32.7. The van der Waals surface area contributed by atoms with Crippen LogP contribution in [0, 0.1) is 0 Å². The van der Waals surface area contributed by atoms with Gasteiger partial charge in [-0.1, -0.05) is 24.3 Å². The SMILES string of the molecule is O=C=CNC(=O)c1ccc2c(c1)-c1cc3[nH]c(cc4nc(cc5[nH]c(cc-2n1)c1cc(C(=O)NC=C=O)ccc51)-c1cc(C(=O)NC=C=O)ccc1-4)c1cc(C(=O)NC=C=O)ccc31. The summed E-state index contributed by atoms with van der Waals surface area (Å²) < 4.78 is 0. The largest absolute Gasteiger partial charge is 0.354 e. The van der Waals surface area contributed by atoms with Crippen LogP contribution in [0.2, 0.25) is 0 Å². The van der Waals surface area contributed by atoms with Crippen molar-refractivity contribution in [2.24, 2.45) is 0 Å². The second-order valence-corrected chi connectivity index (χ2v) is 14.2. The summed E-state index contributed by atoms with van der Waals surface area (Å²) in [5, 5.41) is 12.1. The molecule has 8 bridgehead atoms. The molecule has 6 N–H and O–H groups in total. The van der Waals surface area contributed by atoms with E-state index in [9.17, 15) is 38.4 Å². The van der Waals surface area contributed by atoms with E-state index in [2.05, 4.69) is 31.2 Å². The maximum atomic E-state index is 13.1. The Labute approximate surface area is 358 Å². The van der Waals surface area contributed by atoms with E-state index in [0.29, 0.717) is 88.6 Å². The zero-order valence-corrected chi connectivity index (χ0v) is 32.7. The number of H-pyrrole nitrogens is 2. The summed E-state index contributed by atoms with van der Waals surface area (Å²) in [6.07, 6.45) is 3.48. The Hall–Kier alpha value is -9.80. The van der Waals surface area contributed by atoms with Gasteiger partial charge in [0.2, 0.25) is 0 Å². The van der Waals surface area contributed by atoms with Gasteiger partial charge in [0, 0.05) is 88.1 Å². The molecule has 16 nitrogen and oxygen atoms in total. The molecule has 7 aromatic rings. The fraction of sp³-hybridized carbons (Fsp3) is 0. The van der Waals surface area contributed by atoms with E-state index in [1.807, 2.05) is 0 Å². The van der Waals surface area contributed by atoms with Crippen molar-refractivity contribution >= 4 is 91.0 Å². The van der Waals surface area contributed by atoms with E-state index in [1.54, 1.807) is 97.1 Å². The lowest BCUT2D eigenvalue weighted by Gasteiger charge is -2.04. The molecule has 0 atom stereocenters. The molecule has 2 aliphatic heterocycles. The number of nitrogens with zero attached hydrogens (tertiary/aromatic N) is 2. The smallest absolute Gasteiger partial charge is 0.255 e. The fourth-order valence-electron chi connectivity index (χ4n) is 7.74. The lowest BCUT2D eigenvalue weighted by molar-refractivity contribution is 0.0962. The third-order valence-corrected chi connectivity index (χ3v) is 10.6. The van der Waals surface area contributed by atoms with Gasteiger partial charge in [-0.25, -0.2) is 29.1 Å². The molecule has 4 aromatic carbocycles. The van der Waals surface area contributed by atoms with Gasteiger partial charge >= 0.3 is 0 Å². The van der Waals surface area contributed by atoms with Crippen LogP contribution in [0.3, 0.4) is 0 Å². The number of carbonyl (C=O) groups is 4. The first kappa shape index (κ1) is 39.6. The van der Waals surface area contributed by atoms with E-state index < -0.39 is 23.6 Å². The van der Waals surface area contributed by atoms with E-state index >= 15 is 0 Å². The number of hydrogen-bond donors (Lipinski definition) is 6. The second-order valence-electron chi connectivity index (χ2n) is 14.2. The Morgan fingerprint density at radius 3 is 1.02 bits per heavy atom. The molecule has 2 aliphatic rings. The highest BCUT2D eigenvalue weighted by Gasteiger charge is 2.23. The summed E-state index contributed by atoms with van der Waals surface area (Å²) in [5.41, 5.74) is 7.41. The van der Waals surface area contributed by atoms with Crippen molar-refractivity contribution in [1.82, 2.24) is 41.2 Å². The molecule has 0 radical (unpaired) electrons. The molecule has 64 heavy (non-hydrogen) atoms. The van der Waals surface area contributed by atoms with Gasteiger partial charge in [0.1, 0.15) is 23.8 Å². The Bertz CT molecular complexity index is 3400. The average molecular weight is 843 g/mol. The molecule has 0 spiro atoms. The van der Waals surface area contributed by atoms with Crippen LogP contribution in [0.4, 0.5) is 0 Å². The monoisotopic (exact) mass is 842 g/mol. The number of benzene rings is 4. The van der Waals surface area contributed by atoms with E-state index in [0.717, 1.165) is 24.8 Å². The molecule has 9 rings (SSSR count). The summed E-state index contributed by atoms with van der Waals surface area (Å²) >= 11 is 0. The molecule has 4 amide bonds. The van der Waals surface area contributed by atoms with Crippen LogP contribution in [0.1, 0.15) is 41.4 Å². The maximum absolute atomic E-state index is 13.1. The van der Waals surface area contributed by atoms with Gasteiger partial charge in [-0.2, -0.15) is 0 Å². The van der Waals surface area contributed by atoms with Gasteiger partial charge in [0.05, 0.1) is 47.6 Å². The molecule has 5 heterocycles. The van der Waals surface area contributed by atoms with Gasteiger partial charge in [-0.15, -0.1) is 0 Å². The Kier molecular flexibility index (Phi) is 10.1. The Morgan fingerprint density at radius 2 is 0.672 bits per heavy atom. The molecule has 0 unspecified atom stereocenters. The first-order valence-corrected chi connectivity index (χ1v) is 19.1. The minimum absolute atomic E-state index is 0.233. The second kappa shape index (κ2) is 16.3. The predicted octanol–water partition coefficient (Wildman–Crippen LogP) is 5.59. The molecular weight excluding hydrogens is 817 g/mol. The highest BCUT2D eigenvalue weighted by molar-refractivity contribution is 6.14. The molecule has 0 aliphatic carbocycles. The predicted molar refractivity (Wildman–Crippen MR) is 236 cm³/mol. The van der Waals surface area contributed by atoms with Gasteiger partial charge in [0.25, 0.3) is 23.6 Å². The van der Waals surface area contributed by atoms with Gasteiger partial charge < -0.3 is 31.2 Å². The highest BCUT2D eigenvalue weighted by Crippen LogP contribution is 2.41. The number of rotatable bonds is 8. The number of aromatic amines is 2. The summed E-state index contributed by atoms with van der Waals surface area (Å²) in [7, 11) is 0. The summed E-state index contributed by atoms with van der Waals surface area (Å²) in [6, 6.07) is 27.1.